The highest BCUT2D eigenvalue weighted by atomic mass is 19.1. The van der Waals surface area contributed by atoms with Crippen molar-refractivity contribution in [3.05, 3.63) is 45.7 Å². The third-order valence-corrected chi connectivity index (χ3v) is 7.13. The molecule has 4 unspecified atom stereocenters. The predicted octanol–water partition coefficient (Wildman–Crippen LogP) is 0.326. The Morgan fingerprint density at radius 1 is 1.18 bits per heavy atom. The number of anilines is 1. The van der Waals surface area contributed by atoms with Gasteiger partial charge in [0.15, 0.2) is 23.0 Å². The maximum Gasteiger partial charge on any atom is 0.255 e. The number of phenolic OH excluding ortho intramolecular Hbond substituents is 1. The Morgan fingerprint density at radius 3 is 2.32 bits per heavy atom. The lowest BCUT2D eigenvalue weighted by Gasteiger charge is -2.50. The molecule has 0 aromatic heterocycles. The topological polar surface area (TPSA) is 165 Å². The lowest BCUT2D eigenvalue weighted by molar-refractivity contribution is -0.148. The summed E-state index contributed by atoms with van der Waals surface area (Å²) < 4.78 is 14.4. The number of aliphatic hydroxyl groups excluding tert-OH is 2. The summed E-state index contributed by atoms with van der Waals surface area (Å²) in [4.78, 5) is 41.7. The fraction of sp³-hybridized carbons (Fsp3) is 0.435. The van der Waals surface area contributed by atoms with Crippen LogP contribution in [0.2, 0.25) is 0 Å². The second kappa shape index (κ2) is 7.54. The van der Waals surface area contributed by atoms with Crippen LogP contribution in [0.4, 0.5) is 10.1 Å². The number of fused-ring (bicyclic) bond motifs is 3. The smallest absolute Gasteiger partial charge is 0.255 e. The number of halogens is 1. The lowest BCUT2D eigenvalue weighted by Crippen LogP contribution is -2.63. The number of amides is 1. The summed E-state index contributed by atoms with van der Waals surface area (Å²) in [5.74, 6) is -8.92. The Labute approximate surface area is 194 Å². The maximum absolute atomic E-state index is 14.4. The van der Waals surface area contributed by atoms with Crippen LogP contribution in [0.3, 0.4) is 0 Å². The highest BCUT2D eigenvalue weighted by molar-refractivity contribution is 6.24. The number of aromatic hydroxyl groups is 1. The second-order valence-corrected chi connectivity index (χ2v) is 9.44. The number of hydrogen-bond donors (Lipinski definition) is 5. The van der Waals surface area contributed by atoms with E-state index < -0.39 is 69.6 Å². The monoisotopic (exact) mass is 475 g/mol. The minimum atomic E-state index is -2.72. The van der Waals surface area contributed by atoms with E-state index in [-0.39, 0.29) is 24.0 Å². The molecule has 1 aromatic rings. The van der Waals surface area contributed by atoms with Crippen LogP contribution >= 0.6 is 0 Å². The van der Waals surface area contributed by atoms with Crippen molar-refractivity contribution in [1.29, 1.82) is 0 Å². The van der Waals surface area contributed by atoms with Crippen LogP contribution in [0.1, 0.15) is 22.3 Å². The van der Waals surface area contributed by atoms with Crippen molar-refractivity contribution in [3.63, 3.8) is 0 Å². The quantitative estimate of drug-likeness (QED) is 0.387. The van der Waals surface area contributed by atoms with Gasteiger partial charge in [0.05, 0.1) is 11.6 Å². The van der Waals surface area contributed by atoms with Gasteiger partial charge in [0.25, 0.3) is 5.91 Å². The number of allylic oxidation sites excluding steroid dienone is 1. The van der Waals surface area contributed by atoms with Crippen molar-refractivity contribution >= 4 is 23.2 Å². The SMILES string of the molecule is CN(C)c1cc(F)c(O)c2c1CC1CC3C(N(C)C)C(O)=C(C(N)=O)C(=O)C3(O)C(O)=C1C2=O. The molecule has 10 nitrogen and oxygen atoms in total. The number of carbonyl (C=O) groups is 3. The summed E-state index contributed by atoms with van der Waals surface area (Å²) in [6, 6.07) is 0.0377. The van der Waals surface area contributed by atoms with Gasteiger partial charge in [0, 0.05) is 37.3 Å². The van der Waals surface area contributed by atoms with E-state index in [4.69, 9.17) is 5.73 Å². The van der Waals surface area contributed by atoms with Gasteiger partial charge in [-0.1, -0.05) is 0 Å². The van der Waals surface area contributed by atoms with Gasteiger partial charge in [-0.25, -0.2) is 4.39 Å². The Hall–Kier alpha value is -3.44. The van der Waals surface area contributed by atoms with E-state index in [0.717, 1.165) is 6.07 Å². The normalized spacial score (nSPS) is 28.6. The number of phenols is 1. The minimum Gasteiger partial charge on any atom is -0.510 e. The van der Waals surface area contributed by atoms with Crippen LogP contribution in [0.5, 0.6) is 5.75 Å². The molecule has 1 aromatic carbocycles. The van der Waals surface area contributed by atoms with Gasteiger partial charge >= 0.3 is 0 Å². The van der Waals surface area contributed by atoms with E-state index in [1.165, 1.54) is 4.90 Å². The third-order valence-electron chi connectivity index (χ3n) is 7.13. The van der Waals surface area contributed by atoms with E-state index in [1.807, 2.05) is 0 Å². The van der Waals surface area contributed by atoms with Gasteiger partial charge in [0.2, 0.25) is 5.78 Å². The first kappa shape index (κ1) is 23.7. The molecule has 6 N–H and O–H groups in total. The number of primary amides is 1. The van der Waals surface area contributed by atoms with Gasteiger partial charge in [-0.15, -0.1) is 0 Å². The molecule has 0 aliphatic heterocycles. The van der Waals surface area contributed by atoms with E-state index in [0.29, 0.717) is 11.3 Å². The summed E-state index contributed by atoms with van der Waals surface area (Å²) in [5.41, 5.74) is 1.73. The van der Waals surface area contributed by atoms with Crippen molar-refractivity contribution in [3.8, 4) is 5.75 Å². The number of nitrogens with two attached hydrogens (primary N) is 1. The number of rotatable bonds is 3. The third kappa shape index (κ3) is 2.90. The number of ketones is 2. The largest absolute Gasteiger partial charge is 0.510 e. The Kier molecular flexibility index (Phi) is 5.26. The minimum absolute atomic E-state index is 0.0310. The number of carbonyl (C=O) groups excluding carboxylic acids is 3. The number of aliphatic hydroxyl groups is 3. The first-order valence-corrected chi connectivity index (χ1v) is 10.6. The molecular weight excluding hydrogens is 449 g/mol. The number of nitrogens with zero attached hydrogens (tertiary/aromatic N) is 2. The fourth-order valence-corrected chi connectivity index (χ4v) is 5.67. The molecule has 0 saturated heterocycles. The summed E-state index contributed by atoms with van der Waals surface area (Å²) in [5, 5.41) is 43.8. The molecule has 3 aliphatic carbocycles. The van der Waals surface area contributed by atoms with Crippen LogP contribution in [-0.2, 0) is 16.0 Å². The number of hydrogen-bond acceptors (Lipinski definition) is 9. The Bertz CT molecular complexity index is 1220. The second-order valence-electron chi connectivity index (χ2n) is 9.44. The molecule has 3 aliphatic rings. The first-order valence-electron chi connectivity index (χ1n) is 10.6. The molecule has 0 bridgehead atoms. The molecule has 34 heavy (non-hydrogen) atoms. The fourth-order valence-electron chi connectivity index (χ4n) is 5.67. The van der Waals surface area contributed by atoms with E-state index in [9.17, 15) is 39.2 Å². The standard InChI is InChI=1S/C23H26FN3O7/c1-26(2)12-7-11(24)17(28)14-9(12)5-8-6-10-16(27(3)4)19(30)15(22(25)33)21(32)23(10,34)20(31)13(8)18(14)29/h7-8,10,16,28,30-31,34H,5-6H2,1-4H3,(H2,25,33). The average Bonchev–Trinajstić information content (AvgIpc) is 2.72. The molecule has 1 amide bonds. The van der Waals surface area contributed by atoms with Crippen molar-refractivity contribution in [2.24, 2.45) is 17.6 Å². The van der Waals surface area contributed by atoms with Gasteiger partial charge in [-0.3, -0.25) is 19.3 Å². The zero-order valence-electron chi connectivity index (χ0n) is 19.1. The number of likely N-dealkylation sites (N-methyl/N-ethyl adjacent to an activating group) is 1. The van der Waals surface area contributed by atoms with Crippen LogP contribution < -0.4 is 10.6 Å². The van der Waals surface area contributed by atoms with Crippen LogP contribution in [0.15, 0.2) is 28.7 Å². The van der Waals surface area contributed by atoms with Crippen molar-refractivity contribution in [1.82, 2.24) is 4.90 Å². The maximum atomic E-state index is 14.4. The van der Waals surface area contributed by atoms with Gasteiger partial charge in [-0.05, 0) is 38.4 Å². The van der Waals surface area contributed by atoms with E-state index in [2.05, 4.69) is 0 Å². The molecule has 182 valence electrons. The first-order chi connectivity index (χ1) is 15.7. The highest BCUT2D eigenvalue weighted by Crippen LogP contribution is 2.53. The molecule has 11 heteroatoms. The van der Waals surface area contributed by atoms with Crippen LogP contribution in [0.25, 0.3) is 0 Å². The van der Waals surface area contributed by atoms with Crippen LogP contribution in [0, 0.1) is 17.7 Å². The van der Waals surface area contributed by atoms with Crippen LogP contribution in [-0.4, -0.2) is 82.6 Å². The summed E-state index contributed by atoms with van der Waals surface area (Å²) in [7, 11) is 6.40. The van der Waals surface area contributed by atoms with Crippen molar-refractivity contribution in [2.75, 3.05) is 33.1 Å². The molecule has 0 fully saturated rings. The zero-order valence-corrected chi connectivity index (χ0v) is 19.1. The molecule has 4 rings (SSSR count). The molecule has 0 saturated carbocycles. The number of Topliss-reactive ketones (excluding diaryl/α,β-unsaturated/α-hetero) is 2. The van der Waals surface area contributed by atoms with Crippen molar-refractivity contribution < 1.29 is 39.2 Å². The molecule has 4 atom stereocenters. The predicted molar refractivity (Wildman–Crippen MR) is 118 cm³/mol. The highest BCUT2D eigenvalue weighted by Gasteiger charge is 2.63. The zero-order chi connectivity index (χ0) is 25.4. The van der Waals surface area contributed by atoms with Gasteiger partial charge in [-0.2, -0.15) is 0 Å². The van der Waals surface area contributed by atoms with E-state index >= 15 is 0 Å². The lowest BCUT2D eigenvalue weighted by atomic mass is 9.58. The molecule has 0 spiro atoms. The van der Waals surface area contributed by atoms with Crippen molar-refractivity contribution in [2.45, 2.75) is 24.5 Å². The average molecular weight is 475 g/mol. The van der Waals surface area contributed by atoms with E-state index in [1.54, 1.807) is 33.1 Å². The summed E-state index contributed by atoms with van der Waals surface area (Å²) in [6.45, 7) is 0. The molecule has 0 radical (unpaired) electrons. The number of benzene rings is 1. The summed E-state index contributed by atoms with van der Waals surface area (Å²) in [6.07, 6.45) is 0.0622. The Morgan fingerprint density at radius 2 is 1.79 bits per heavy atom. The molecule has 0 heterocycles. The van der Waals surface area contributed by atoms with Gasteiger partial charge in [0.1, 0.15) is 17.1 Å². The summed E-state index contributed by atoms with van der Waals surface area (Å²) >= 11 is 0. The van der Waals surface area contributed by atoms with Gasteiger partial charge < -0.3 is 31.1 Å². The molecular formula is C23H26FN3O7. The Balaban J connectivity index is 2.00.